The summed E-state index contributed by atoms with van der Waals surface area (Å²) >= 11 is 17.6. The molecule has 114 valence electrons. The van der Waals surface area contributed by atoms with Crippen LogP contribution >= 0.6 is 34.8 Å². The Bertz CT molecular complexity index is 699. The zero-order valence-corrected chi connectivity index (χ0v) is 13.4. The minimum atomic E-state index is -0.650. The lowest BCUT2D eigenvalue weighted by Gasteiger charge is -2.09. The van der Waals surface area contributed by atoms with Crippen LogP contribution in [0.15, 0.2) is 42.5 Å². The SMILES string of the molecule is O=C(COC(=O)c1cccc(Cl)c1)Nc1c(Cl)cccc1Cl. The molecule has 2 aromatic carbocycles. The van der Waals surface area contributed by atoms with E-state index in [1.54, 1.807) is 30.3 Å². The first-order valence-corrected chi connectivity index (χ1v) is 7.27. The molecule has 0 spiro atoms. The molecule has 1 amide bonds. The van der Waals surface area contributed by atoms with Crippen LogP contribution in [0.5, 0.6) is 0 Å². The predicted octanol–water partition coefficient (Wildman–Crippen LogP) is 4.44. The van der Waals surface area contributed by atoms with Crippen LogP contribution in [-0.4, -0.2) is 18.5 Å². The summed E-state index contributed by atoms with van der Waals surface area (Å²) < 4.78 is 4.90. The number of para-hydroxylation sites is 1. The maximum Gasteiger partial charge on any atom is 0.338 e. The molecule has 1 N–H and O–H groups in total. The summed E-state index contributed by atoms with van der Waals surface area (Å²) in [5.41, 5.74) is 0.533. The summed E-state index contributed by atoms with van der Waals surface area (Å²) in [6, 6.07) is 11.1. The Kier molecular flexibility index (Phi) is 5.66. The number of amides is 1. The first-order chi connectivity index (χ1) is 10.5. The summed E-state index contributed by atoms with van der Waals surface area (Å²) in [5.74, 6) is -1.20. The number of hydrogen-bond acceptors (Lipinski definition) is 3. The lowest BCUT2D eigenvalue weighted by atomic mass is 10.2. The number of benzene rings is 2. The molecule has 0 saturated carbocycles. The topological polar surface area (TPSA) is 55.4 Å². The molecule has 0 aromatic heterocycles. The third-order valence-corrected chi connectivity index (χ3v) is 3.49. The average molecular weight is 359 g/mol. The van der Waals surface area contributed by atoms with E-state index in [-0.39, 0.29) is 11.3 Å². The predicted molar refractivity (Wildman–Crippen MR) is 86.8 cm³/mol. The van der Waals surface area contributed by atoms with Gasteiger partial charge in [0.05, 0.1) is 21.3 Å². The van der Waals surface area contributed by atoms with Crippen molar-refractivity contribution in [3.05, 3.63) is 63.1 Å². The van der Waals surface area contributed by atoms with E-state index in [0.717, 1.165) is 0 Å². The fraction of sp³-hybridized carbons (Fsp3) is 0.0667. The fourth-order valence-electron chi connectivity index (χ4n) is 1.62. The standard InChI is InChI=1S/C15H10Cl3NO3/c16-10-4-1-3-9(7-10)15(21)22-8-13(20)19-14-11(17)5-2-6-12(14)18/h1-7H,8H2,(H,19,20). The smallest absolute Gasteiger partial charge is 0.338 e. The molecule has 0 saturated heterocycles. The van der Waals surface area contributed by atoms with Crippen LogP contribution in [0, 0.1) is 0 Å². The van der Waals surface area contributed by atoms with Gasteiger partial charge in [-0.2, -0.15) is 0 Å². The molecule has 0 aliphatic carbocycles. The molecule has 0 heterocycles. The number of hydrogen-bond donors (Lipinski definition) is 1. The molecule has 7 heteroatoms. The summed E-state index contributed by atoms with van der Waals surface area (Å²) in [6.07, 6.45) is 0. The summed E-state index contributed by atoms with van der Waals surface area (Å²) in [6.45, 7) is -0.465. The van der Waals surface area contributed by atoms with Crippen molar-refractivity contribution in [2.45, 2.75) is 0 Å². The van der Waals surface area contributed by atoms with Crippen molar-refractivity contribution >= 4 is 52.4 Å². The van der Waals surface area contributed by atoms with Gasteiger partial charge in [-0.25, -0.2) is 4.79 Å². The molecule has 0 atom stereocenters. The molecular formula is C15H10Cl3NO3. The van der Waals surface area contributed by atoms with Crippen LogP contribution in [-0.2, 0) is 9.53 Å². The fourth-order valence-corrected chi connectivity index (χ4v) is 2.30. The third kappa shape index (κ3) is 4.37. The Hall–Kier alpha value is -1.75. The molecular weight excluding hydrogens is 349 g/mol. The van der Waals surface area contributed by atoms with Crippen molar-refractivity contribution in [1.82, 2.24) is 0 Å². The molecule has 2 rings (SSSR count). The van der Waals surface area contributed by atoms with Crippen LogP contribution in [0.1, 0.15) is 10.4 Å². The van der Waals surface area contributed by atoms with Crippen LogP contribution < -0.4 is 5.32 Å². The minimum Gasteiger partial charge on any atom is -0.452 e. The Morgan fingerprint density at radius 3 is 2.27 bits per heavy atom. The lowest BCUT2D eigenvalue weighted by Crippen LogP contribution is -2.21. The van der Waals surface area contributed by atoms with E-state index in [9.17, 15) is 9.59 Å². The molecule has 2 aromatic rings. The van der Waals surface area contributed by atoms with Crippen LogP contribution in [0.3, 0.4) is 0 Å². The molecule has 4 nitrogen and oxygen atoms in total. The maximum absolute atomic E-state index is 11.8. The van der Waals surface area contributed by atoms with Gasteiger partial charge in [0.1, 0.15) is 0 Å². The second-order valence-corrected chi connectivity index (χ2v) is 5.48. The van der Waals surface area contributed by atoms with Crippen molar-refractivity contribution in [1.29, 1.82) is 0 Å². The van der Waals surface area contributed by atoms with Gasteiger partial charge in [-0.15, -0.1) is 0 Å². The first-order valence-electron chi connectivity index (χ1n) is 6.14. The maximum atomic E-state index is 11.8. The van der Waals surface area contributed by atoms with Gasteiger partial charge in [0.15, 0.2) is 6.61 Å². The molecule has 22 heavy (non-hydrogen) atoms. The molecule has 0 aliphatic heterocycles. The van der Waals surface area contributed by atoms with Gasteiger partial charge < -0.3 is 10.1 Å². The van der Waals surface area contributed by atoms with E-state index in [1.807, 2.05) is 0 Å². The Morgan fingerprint density at radius 2 is 1.64 bits per heavy atom. The molecule has 0 radical (unpaired) electrons. The van der Waals surface area contributed by atoms with E-state index in [0.29, 0.717) is 15.1 Å². The van der Waals surface area contributed by atoms with E-state index in [2.05, 4.69) is 5.32 Å². The van der Waals surface area contributed by atoms with Gasteiger partial charge in [0, 0.05) is 5.02 Å². The van der Waals surface area contributed by atoms with Gasteiger partial charge >= 0.3 is 5.97 Å². The average Bonchev–Trinajstić information content (AvgIpc) is 2.48. The Balaban J connectivity index is 1.94. The highest BCUT2D eigenvalue weighted by molar-refractivity contribution is 6.39. The van der Waals surface area contributed by atoms with E-state index in [1.165, 1.54) is 12.1 Å². The summed E-state index contributed by atoms with van der Waals surface area (Å²) in [5, 5.41) is 3.48. The molecule has 0 fully saturated rings. The zero-order valence-electron chi connectivity index (χ0n) is 11.1. The van der Waals surface area contributed by atoms with Gasteiger partial charge in [0.25, 0.3) is 5.91 Å². The number of halogens is 3. The molecule has 0 aliphatic rings. The van der Waals surface area contributed by atoms with E-state index < -0.39 is 18.5 Å². The monoisotopic (exact) mass is 357 g/mol. The number of ether oxygens (including phenoxy) is 1. The quantitative estimate of drug-likeness (QED) is 0.822. The van der Waals surface area contributed by atoms with Crippen molar-refractivity contribution in [2.75, 3.05) is 11.9 Å². The lowest BCUT2D eigenvalue weighted by molar-refractivity contribution is -0.119. The molecule has 0 bridgehead atoms. The van der Waals surface area contributed by atoms with Crippen molar-refractivity contribution < 1.29 is 14.3 Å². The van der Waals surface area contributed by atoms with E-state index in [4.69, 9.17) is 39.5 Å². The second kappa shape index (κ2) is 7.49. The van der Waals surface area contributed by atoms with E-state index >= 15 is 0 Å². The van der Waals surface area contributed by atoms with Gasteiger partial charge in [-0.1, -0.05) is 46.9 Å². The van der Waals surface area contributed by atoms with Crippen molar-refractivity contribution in [2.24, 2.45) is 0 Å². The van der Waals surface area contributed by atoms with Crippen molar-refractivity contribution in [3.8, 4) is 0 Å². The normalized spacial score (nSPS) is 10.1. The number of nitrogens with one attached hydrogen (secondary N) is 1. The first kappa shape index (κ1) is 16.6. The largest absolute Gasteiger partial charge is 0.452 e. The van der Waals surface area contributed by atoms with Gasteiger partial charge in [-0.3, -0.25) is 4.79 Å². The summed E-state index contributed by atoms with van der Waals surface area (Å²) in [4.78, 5) is 23.6. The van der Waals surface area contributed by atoms with Crippen LogP contribution in [0.2, 0.25) is 15.1 Å². The number of anilines is 1. The zero-order chi connectivity index (χ0) is 16.1. The number of carbonyl (C=O) groups is 2. The van der Waals surface area contributed by atoms with Gasteiger partial charge in [-0.05, 0) is 30.3 Å². The second-order valence-electron chi connectivity index (χ2n) is 4.23. The summed E-state index contributed by atoms with van der Waals surface area (Å²) in [7, 11) is 0. The van der Waals surface area contributed by atoms with Gasteiger partial charge in [0.2, 0.25) is 0 Å². The highest BCUT2D eigenvalue weighted by Gasteiger charge is 2.13. The number of esters is 1. The number of rotatable bonds is 4. The number of carbonyl (C=O) groups excluding carboxylic acids is 2. The third-order valence-electron chi connectivity index (χ3n) is 2.62. The van der Waals surface area contributed by atoms with Crippen LogP contribution in [0.25, 0.3) is 0 Å². The Labute approximate surface area is 141 Å². The van der Waals surface area contributed by atoms with Crippen molar-refractivity contribution in [3.63, 3.8) is 0 Å². The Morgan fingerprint density at radius 1 is 1.00 bits per heavy atom. The highest BCUT2D eigenvalue weighted by Crippen LogP contribution is 2.29. The van der Waals surface area contributed by atoms with Crippen LogP contribution in [0.4, 0.5) is 5.69 Å². The molecule has 0 unspecified atom stereocenters. The highest BCUT2D eigenvalue weighted by atomic mass is 35.5. The minimum absolute atomic E-state index is 0.260.